The van der Waals surface area contributed by atoms with Crippen LogP contribution in [0.15, 0.2) is 30.5 Å². The zero-order chi connectivity index (χ0) is 16.2. The van der Waals surface area contributed by atoms with Crippen molar-refractivity contribution in [2.24, 2.45) is 5.92 Å². The van der Waals surface area contributed by atoms with Gasteiger partial charge in [0.1, 0.15) is 0 Å². The lowest BCUT2D eigenvalue weighted by Crippen LogP contribution is -2.30. The van der Waals surface area contributed by atoms with E-state index in [2.05, 4.69) is 21.7 Å². The van der Waals surface area contributed by atoms with Gasteiger partial charge in [0.2, 0.25) is 0 Å². The second-order valence-corrected chi connectivity index (χ2v) is 5.85. The van der Waals surface area contributed by atoms with Crippen molar-refractivity contribution in [1.29, 1.82) is 5.26 Å². The molecule has 0 bridgehead atoms. The fourth-order valence-electron chi connectivity index (χ4n) is 2.51. The van der Waals surface area contributed by atoms with Crippen LogP contribution >= 0.6 is 11.6 Å². The van der Waals surface area contributed by atoms with E-state index < -0.39 is 0 Å². The highest BCUT2D eigenvalue weighted by Gasteiger charge is 2.22. The summed E-state index contributed by atoms with van der Waals surface area (Å²) in [7, 11) is 0. The number of benzene rings is 1. The van der Waals surface area contributed by atoms with Gasteiger partial charge >= 0.3 is 0 Å². The summed E-state index contributed by atoms with van der Waals surface area (Å²) in [4.78, 5) is 15.2. The zero-order valence-corrected chi connectivity index (χ0v) is 13.1. The van der Waals surface area contributed by atoms with Gasteiger partial charge in [-0.15, -0.1) is 5.10 Å². The van der Waals surface area contributed by atoms with Gasteiger partial charge in [0.05, 0.1) is 11.9 Å². The molecule has 7 nitrogen and oxygen atoms in total. The van der Waals surface area contributed by atoms with E-state index in [4.69, 9.17) is 16.9 Å². The highest BCUT2D eigenvalue weighted by atomic mass is 35.5. The van der Waals surface area contributed by atoms with E-state index in [0.29, 0.717) is 29.7 Å². The van der Waals surface area contributed by atoms with E-state index in [9.17, 15) is 4.79 Å². The lowest BCUT2D eigenvalue weighted by atomic mass is 10.1. The molecule has 2 heterocycles. The number of rotatable bonds is 4. The quantitative estimate of drug-likeness (QED) is 0.857. The fourth-order valence-corrected chi connectivity index (χ4v) is 2.69. The van der Waals surface area contributed by atoms with Crippen LogP contribution in [0.2, 0.25) is 5.02 Å². The molecule has 0 unspecified atom stereocenters. The maximum atomic E-state index is 12.1. The molecular weight excluding hydrogens is 316 g/mol. The molecule has 1 atom stereocenters. The third-order valence-electron chi connectivity index (χ3n) is 3.74. The normalized spacial score (nSPS) is 17.0. The van der Waals surface area contributed by atoms with Crippen LogP contribution in [0.4, 0.5) is 0 Å². The minimum atomic E-state index is -0.270. The summed E-state index contributed by atoms with van der Waals surface area (Å²) in [5.41, 5.74) is 0.942. The maximum Gasteiger partial charge on any atom is 0.273 e. The van der Waals surface area contributed by atoms with Crippen LogP contribution in [0.5, 0.6) is 0 Å². The van der Waals surface area contributed by atoms with Gasteiger partial charge in [-0.25, -0.2) is 0 Å². The molecule has 2 aromatic rings. The second-order valence-electron chi connectivity index (χ2n) is 5.41. The molecular formula is C15H15ClN6O. The Bertz CT molecular complexity index is 752. The van der Waals surface area contributed by atoms with Crippen molar-refractivity contribution in [2.75, 3.05) is 19.6 Å². The highest BCUT2D eigenvalue weighted by Crippen LogP contribution is 2.15. The third kappa shape index (κ3) is 3.60. The summed E-state index contributed by atoms with van der Waals surface area (Å²) in [6.45, 7) is 1.97. The van der Waals surface area contributed by atoms with E-state index in [0.717, 1.165) is 13.0 Å². The minimum Gasteiger partial charge on any atom is -0.350 e. The Morgan fingerprint density at radius 1 is 1.52 bits per heavy atom. The molecule has 1 aliphatic heterocycles. The van der Waals surface area contributed by atoms with Crippen molar-refractivity contribution in [3.05, 3.63) is 41.2 Å². The van der Waals surface area contributed by atoms with E-state index >= 15 is 0 Å². The van der Waals surface area contributed by atoms with Crippen molar-refractivity contribution in [3.8, 4) is 11.9 Å². The molecule has 1 aliphatic rings. The number of aromatic nitrogens is 3. The molecule has 23 heavy (non-hydrogen) atoms. The molecule has 1 aromatic heterocycles. The molecule has 0 saturated carbocycles. The van der Waals surface area contributed by atoms with Crippen LogP contribution in [0.1, 0.15) is 16.9 Å². The summed E-state index contributed by atoms with van der Waals surface area (Å²) < 4.78 is 0. The van der Waals surface area contributed by atoms with Crippen molar-refractivity contribution in [2.45, 2.75) is 6.42 Å². The van der Waals surface area contributed by atoms with Crippen LogP contribution in [0.25, 0.3) is 5.69 Å². The molecule has 0 radical (unpaired) electrons. The summed E-state index contributed by atoms with van der Waals surface area (Å²) in [5, 5.41) is 20.5. The molecule has 1 saturated heterocycles. The Morgan fingerprint density at radius 2 is 2.39 bits per heavy atom. The molecule has 1 fully saturated rings. The van der Waals surface area contributed by atoms with Gasteiger partial charge < -0.3 is 10.2 Å². The maximum absolute atomic E-state index is 12.1. The molecule has 1 amide bonds. The lowest BCUT2D eigenvalue weighted by molar-refractivity contribution is 0.0942. The van der Waals surface area contributed by atoms with E-state index in [1.807, 2.05) is 6.07 Å². The highest BCUT2D eigenvalue weighted by molar-refractivity contribution is 6.30. The Balaban J connectivity index is 1.60. The first kappa shape index (κ1) is 15.3. The average Bonchev–Trinajstić information content (AvgIpc) is 3.22. The number of carbonyl (C=O) groups excluding carboxylic acids is 1. The van der Waals surface area contributed by atoms with Crippen LogP contribution in [-0.2, 0) is 0 Å². The number of likely N-dealkylation sites (tertiary alicyclic amines) is 1. The van der Waals surface area contributed by atoms with Crippen LogP contribution < -0.4 is 5.32 Å². The average molecular weight is 331 g/mol. The number of hydrogen-bond donors (Lipinski definition) is 1. The largest absolute Gasteiger partial charge is 0.350 e. The smallest absolute Gasteiger partial charge is 0.273 e. The topological polar surface area (TPSA) is 86.8 Å². The Kier molecular flexibility index (Phi) is 4.44. The van der Waals surface area contributed by atoms with Crippen molar-refractivity contribution < 1.29 is 4.79 Å². The molecule has 1 aromatic carbocycles. The Morgan fingerprint density at radius 3 is 3.13 bits per heavy atom. The van der Waals surface area contributed by atoms with Gasteiger partial charge in [-0.2, -0.15) is 15.2 Å². The van der Waals surface area contributed by atoms with Crippen molar-refractivity contribution in [3.63, 3.8) is 0 Å². The minimum absolute atomic E-state index is 0.250. The van der Waals surface area contributed by atoms with E-state index in [-0.39, 0.29) is 11.6 Å². The van der Waals surface area contributed by atoms with Crippen LogP contribution in [0.3, 0.4) is 0 Å². The fraction of sp³-hybridized carbons (Fsp3) is 0.333. The summed E-state index contributed by atoms with van der Waals surface area (Å²) in [6, 6.07) is 7.08. The number of nitriles is 1. The van der Waals surface area contributed by atoms with Crippen LogP contribution in [-0.4, -0.2) is 45.4 Å². The lowest BCUT2D eigenvalue weighted by Gasteiger charge is -2.10. The van der Waals surface area contributed by atoms with Crippen molar-refractivity contribution >= 4 is 17.5 Å². The number of nitrogens with one attached hydrogen (secondary N) is 1. The van der Waals surface area contributed by atoms with Crippen molar-refractivity contribution in [1.82, 2.24) is 25.2 Å². The second kappa shape index (κ2) is 6.67. The monoisotopic (exact) mass is 330 g/mol. The third-order valence-corrected chi connectivity index (χ3v) is 3.98. The van der Waals surface area contributed by atoms with Gasteiger partial charge in [0.25, 0.3) is 5.91 Å². The van der Waals surface area contributed by atoms with Gasteiger partial charge in [-0.3, -0.25) is 4.79 Å². The predicted molar refractivity (Wildman–Crippen MR) is 84.0 cm³/mol. The summed E-state index contributed by atoms with van der Waals surface area (Å²) >= 11 is 5.94. The van der Waals surface area contributed by atoms with E-state index in [1.165, 1.54) is 11.0 Å². The standard InChI is InChI=1S/C15H15ClN6O/c16-12-2-1-3-13(6-12)22-19-8-14(20-22)15(23)18-7-11-4-5-21(9-11)10-17/h1-3,6,8,11H,4-5,7,9H2,(H,18,23)/t11-/m1/s1. The molecule has 118 valence electrons. The summed E-state index contributed by atoms with van der Waals surface area (Å²) in [5.74, 6) is 0.0234. The molecule has 3 rings (SSSR count). The SMILES string of the molecule is N#CN1CC[C@H](CNC(=O)c2cnn(-c3cccc(Cl)c3)n2)C1. The number of hydrogen-bond acceptors (Lipinski definition) is 5. The van der Waals surface area contributed by atoms with Crippen LogP contribution in [0, 0.1) is 17.4 Å². The molecule has 0 spiro atoms. The zero-order valence-electron chi connectivity index (χ0n) is 12.3. The number of nitrogens with zero attached hydrogens (tertiary/aromatic N) is 5. The number of halogens is 1. The van der Waals surface area contributed by atoms with Gasteiger partial charge in [-0.1, -0.05) is 17.7 Å². The molecule has 0 aliphatic carbocycles. The number of amides is 1. The van der Waals surface area contributed by atoms with E-state index in [1.54, 1.807) is 23.1 Å². The Hall–Kier alpha value is -2.59. The first-order chi connectivity index (χ1) is 11.2. The van der Waals surface area contributed by atoms with Gasteiger partial charge in [-0.05, 0) is 30.5 Å². The summed E-state index contributed by atoms with van der Waals surface area (Å²) in [6.07, 6.45) is 4.45. The Labute approximate surface area is 138 Å². The molecule has 8 heteroatoms. The first-order valence-corrected chi connectivity index (χ1v) is 7.64. The van der Waals surface area contributed by atoms with Gasteiger partial charge in [0, 0.05) is 24.7 Å². The molecule has 1 N–H and O–H groups in total. The number of carbonyl (C=O) groups is 1. The first-order valence-electron chi connectivity index (χ1n) is 7.27. The van der Waals surface area contributed by atoms with Gasteiger partial charge in [0.15, 0.2) is 11.9 Å². The predicted octanol–water partition coefficient (Wildman–Crippen LogP) is 1.45.